The van der Waals surface area contributed by atoms with Crippen LogP contribution in [0.25, 0.3) is 0 Å². The number of amides is 1. The van der Waals surface area contributed by atoms with Crippen LogP contribution in [0.15, 0.2) is 18.6 Å². The molecule has 0 radical (unpaired) electrons. The van der Waals surface area contributed by atoms with Gasteiger partial charge in [-0.25, -0.2) is 0 Å². The molecular formula is C17H24N4O. The van der Waals surface area contributed by atoms with Gasteiger partial charge in [-0.05, 0) is 51.0 Å². The molecule has 3 heterocycles. The third-order valence-corrected chi connectivity index (χ3v) is 5.42. The van der Waals surface area contributed by atoms with Crippen LogP contribution in [0.1, 0.15) is 44.2 Å². The monoisotopic (exact) mass is 300 g/mol. The molecule has 1 amide bonds. The van der Waals surface area contributed by atoms with E-state index in [9.17, 15) is 4.79 Å². The lowest BCUT2D eigenvalue weighted by atomic mass is 9.90. The first-order valence-corrected chi connectivity index (χ1v) is 8.61. The fraction of sp³-hybridized carbons (Fsp3) is 0.706. The number of carbonyl (C=O) groups excluding carboxylic acids is 1. The highest BCUT2D eigenvalue weighted by Gasteiger charge is 2.53. The molecular weight excluding hydrogens is 276 g/mol. The van der Waals surface area contributed by atoms with Gasteiger partial charge in [-0.1, -0.05) is 0 Å². The maximum Gasteiger partial charge on any atom is 0.249 e. The number of aromatic nitrogens is 2. The second-order valence-corrected chi connectivity index (χ2v) is 6.94. The maximum atomic E-state index is 13.4. The number of nitrogens with zero attached hydrogens (tertiary/aromatic N) is 4. The molecule has 1 unspecified atom stereocenters. The molecule has 5 nitrogen and oxygen atoms in total. The second-order valence-electron chi connectivity index (χ2n) is 6.94. The predicted octanol–water partition coefficient (Wildman–Crippen LogP) is 1.80. The van der Waals surface area contributed by atoms with E-state index in [1.165, 1.54) is 12.8 Å². The van der Waals surface area contributed by atoms with Crippen molar-refractivity contribution in [3.63, 3.8) is 0 Å². The summed E-state index contributed by atoms with van der Waals surface area (Å²) in [6.45, 7) is 3.85. The SMILES string of the molecule is O=C(N1CCCC1)C1(c2cnccn2)CCCN1CC1CC1. The Bertz CT molecular complexity index is 539. The van der Waals surface area contributed by atoms with E-state index in [4.69, 9.17) is 0 Å². The lowest BCUT2D eigenvalue weighted by Gasteiger charge is -2.39. The minimum atomic E-state index is -0.554. The van der Waals surface area contributed by atoms with Gasteiger partial charge in [-0.2, -0.15) is 0 Å². The van der Waals surface area contributed by atoms with E-state index < -0.39 is 5.54 Å². The molecule has 1 aromatic rings. The molecule has 1 saturated carbocycles. The Morgan fingerprint density at radius 3 is 2.68 bits per heavy atom. The molecule has 0 spiro atoms. The molecule has 118 valence electrons. The Morgan fingerprint density at radius 2 is 2.00 bits per heavy atom. The van der Waals surface area contributed by atoms with Gasteiger partial charge < -0.3 is 4.90 Å². The van der Waals surface area contributed by atoms with Crippen LogP contribution in [0.4, 0.5) is 0 Å². The number of rotatable bonds is 4. The van der Waals surface area contributed by atoms with Gasteiger partial charge >= 0.3 is 0 Å². The first-order valence-electron chi connectivity index (χ1n) is 8.61. The second kappa shape index (κ2) is 5.61. The third kappa shape index (κ3) is 2.32. The Morgan fingerprint density at radius 1 is 1.18 bits per heavy atom. The van der Waals surface area contributed by atoms with Gasteiger partial charge in [0.25, 0.3) is 0 Å². The van der Waals surface area contributed by atoms with Gasteiger partial charge in [-0.15, -0.1) is 0 Å². The highest BCUT2D eigenvalue weighted by molar-refractivity contribution is 5.87. The minimum absolute atomic E-state index is 0.267. The summed E-state index contributed by atoms with van der Waals surface area (Å²) in [6, 6.07) is 0. The van der Waals surface area contributed by atoms with Crippen molar-refractivity contribution in [2.75, 3.05) is 26.2 Å². The van der Waals surface area contributed by atoms with Crippen molar-refractivity contribution in [3.8, 4) is 0 Å². The van der Waals surface area contributed by atoms with E-state index in [-0.39, 0.29) is 5.91 Å². The highest BCUT2D eigenvalue weighted by atomic mass is 16.2. The Labute approximate surface area is 131 Å². The molecule has 1 aliphatic carbocycles. The fourth-order valence-corrected chi connectivity index (χ4v) is 4.07. The van der Waals surface area contributed by atoms with Gasteiger partial charge in [0, 0.05) is 32.0 Å². The van der Waals surface area contributed by atoms with E-state index in [1.54, 1.807) is 18.6 Å². The average molecular weight is 300 g/mol. The Kier molecular flexibility index (Phi) is 3.60. The Hall–Kier alpha value is -1.49. The van der Waals surface area contributed by atoms with E-state index in [2.05, 4.69) is 19.8 Å². The zero-order valence-corrected chi connectivity index (χ0v) is 13.1. The van der Waals surface area contributed by atoms with Crippen LogP contribution in [0.5, 0.6) is 0 Å². The van der Waals surface area contributed by atoms with Crippen molar-refractivity contribution in [3.05, 3.63) is 24.3 Å². The summed E-state index contributed by atoms with van der Waals surface area (Å²) in [5, 5.41) is 0. The van der Waals surface area contributed by atoms with Crippen LogP contribution in [0.3, 0.4) is 0 Å². The van der Waals surface area contributed by atoms with Crippen molar-refractivity contribution < 1.29 is 4.79 Å². The van der Waals surface area contributed by atoms with E-state index in [0.717, 1.165) is 63.5 Å². The van der Waals surface area contributed by atoms with Gasteiger partial charge in [-0.3, -0.25) is 19.7 Å². The van der Waals surface area contributed by atoms with Gasteiger partial charge in [0.05, 0.1) is 11.9 Å². The van der Waals surface area contributed by atoms with Crippen LogP contribution in [-0.4, -0.2) is 51.9 Å². The van der Waals surface area contributed by atoms with Gasteiger partial charge in [0.15, 0.2) is 0 Å². The van der Waals surface area contributed by atoms with E-state index >= 15 is 0 Å². The lowest BCUT2D eigenvalue weighted by Crippen LogP contribution is -2.54. The molecule has 1 atom stereocenters. The molecule has 0 aromatic carbocycles. The molecule has 22 heavy (non-hydrogen) atoms. The smallest absolute Gasteiger partial charge is 0.249 e. The lowest BCUT2D eigenvalue weighted by molar-refractivity contribution is -0.143. The maximum absolute atomic E-state index is 13.4. The minimum Gasteiger partial charge on any atom is -0.341 e. The number of likely N-dealkylation sites (tertiary alicyclic amines) is 2. The van der Waals surface area contributed by atoms with E-state index in [0.29, 0.717) is 0 Å². The summed E-state index contributed by atoms with van der Waals surface area (Å²) in [4.78, 5) is 26.7. The molecule has 2 aliphatic heterocycles. The summed E-state index contributed by atoms with van der Waals surface area (Å²) >= 11 is 0. The summed E-state index contributed by atoms with van der Waals surface area (Å²) in [5.41, 5.74) is 0.298. The van der Waals surface area contributed by atoms with Crippen molar-refractivity contribution in [2.24, 2.45) is 5.92 Å². The number of hydrogen-bond acceptors (Lipinski definition) is 4. The highest BCUT2D eigenvalue weighted by Crippen LogP contribution is 2.43. The van der Waals surface area contributed by atoms with Crippen molar-refractivity contribution >= 4 is 5.91 Å². The van der Waals surface area contributed by atoms with Crippen molar-refractivity contribution in [1.82, 2.24) is 19.8 Å². The number of hydrogen-bond donors (Lipinski definition) is 0. The van der Waals surface area contributed by atoms with Crippen LogP contribution in [0, 0.1) is 5.92 Å². The first kappa shape index (κ1) is 14.1. The van der Waals surface area contributed by atoms with Gasteiger partial charge in [0.1, 0.15) is 5.54 Å². The van der Waals surface area contributed by atoms with Gasteiger partial charge in [0.2, 0.25) is 5.91 Å². The van der Waals surface area contributed by atoms with Crippen molar-refractivity contribution in [2.45, 2.75) is 44.1 Å². The van der Waals surface area contributed by atoms with Crippen LogP contribution >= 0.6 is 0 Å². The summed E-state index contributed by atoms with van der Waals surface area (Å²) in [6.07, 6.45) is 12.1. The molecule has 4 rings (SSSR count). The summed E-state index contributed by atoms with van der Waals surface area (Å²) < 4.78 is 0. The predicted molar refractivity (Wildman–Crippen MR) is 83.1 cm³/mol. The number of carbonyl (C=O) groups is 1. The summed E-state index contributed by atoms with van der Waals surface area (Å²) in [7, 11) is 0. The normalized spacial score (nSPS) is 29.2. The third-order valence-electron chi connectivity index (χ3n) is 5.42. The largest absolute Gasteiger partial charge is 0.341 e. The van der Waals surface area contributed by atoms with Crippen molar-refractivity contribution in [1.29, 1.82) is 0 Å². The van der Waals surface area contributed by atoms with Crippen LogP contribution in [-0.2, 0) is 10.3 Å². The average Bonchev–Trinajstić information content (AvgIpc) is 3.05. The zero-order valence-electron chi connectivity index (χ0n) is 13.1. The molecule has 1 aromatic heterocycles. The molecule has 0 N–H and O–H groups in total. The molecule has 3 aliphatic rings. The Balaban J connectivity index is 1.71. The zero-order chi connectivity index (χ0) is 15.0. The molecule has 2 saturated heterocycles. The molecule has 0 bridgehead atoms. The van der Waals surface area contributed by atoms with E-state index in [1.807, 2.05) is 0 Å². The van der Waals surface area contributed by atoms with Crippen LogP contribution in [0.2, 0.25) is 0 Å². The fourth-order valence-electron chi connectivity index (χ4n) is 4.07. The quantitative estimate of drug-likeness (QED) is 0.851. The molecule has 5 heteroatoms. The van der Waals surface area contributed by atoms with Crippen LogP contribution < -0.4 is 0 Å². The summed E-state index contributed by atoms with van der Waals surface area (Å²) in [5.74, 6) is 1.05. The molecule has 3 fully saturated rings. The first-order chi connectivity index (χ1) is 10.8. The topological polar surface area (TPSA) is 49.3 Å². The standard InChI is InChI=1S/C17H24N4O/c22-16(20-9-1-2-10-20)17(15-12-18-7-8-19-15)6-3-11-21(17)13-14-4-5-14/h7-8,12,14H,1-6,9-11,13H2.